The number of carboxylic acid groups (broad SMARTS) is 2. The Morgan fingerprint density at radius 1 is 1.15 bits per heavy atom. The van der Waals surface area contributed by atoms with Crippen molar-refractivity contribution in [3.63, 3.8) is 0 Å². The Balaban J connectivity index is 2.27. The van der Waals surface area contributed by atoms with Gasteiger partial charge in [-0.2, -0.15) is 0 Å². The number of hydrogen-bond donors (Lipinski definition) is 2. The van der Waals surface area contributed by atoms with Crippen molar-refractivity contribution in [1.82, 2.24) is 10.0 Å². The topological polar surface area (TPSA) is 117 Å². The van der Waals surface area contributed by atoms with Crippen molar-refractivity contribution in [1.29, 1.82) is 0 Å². The molecular formula is C17H22N2O7. The third kappa shape index (κ3) is 4.35. The number of benzene rings is 1. The van der Waals surface area contributed by atoms with Crippen LogP contribution < -0.4 is 4.74 Å². The average Bonchev–Trinajstić information content (AvgIpc) is 2.94. The fourth-order valence-corrected chi connectivity index (χ4v) is 3.12. The van der Waals surface area contributed by atoms with E-state index in [1.54, 1.807) is 31.2 Å². The number of amides is 2. The van der Waals surface area contributed by atoms with Gasteiger partial charge < -0.3 is 19.7 Å². The third-order valence-electron chi connectivity index (χ3n) is 4.28. The van der Waals surface area contributed by atoms with Gasteiger partial charge in [-0.1, -0.05) is 12.1 Å². The summed E-state index contributed by atoms with van der Waals surface area (Å²) < 4.78 is 10.0. The summed E-state index contributed by atoms with van der Waals surface area (Å²) >= 11 is 0. The second-order valence-electron chi connectivity index (χ2n) is 5.88. The molecule has 1 heterocycles. The Bertz CT molecular complexity index is 662. The van der Waals surface area contributed by atoms with Gasteiger partial charge in [-0.25, -0.2) is 19.6 Å². The molecule has 0 aliphatic carbocycles. The van der Waals surface area contributed by atoms with E-state index in [-0.39, 0.29) is 26.0 Å². The molecule has 1 saturated heterocycles. The summed E-state index contributed by atoms with van der Waals surface area (Å²) in [5.41, 5.74) is 0.808. The van der Waals surface area contributed by atoms with Crippen LogP contribution >= 0.6 is 0 Å². The van der Waals surface area contributed by atoms with E-state index in [1.165, 1.54) is 7.11 Å². The van der Waals surface area contributed by atoms with Crippen LogP contribution in [0.3, 0.4) is 0 Å². The minimum absolute atomic E-state index is 0.0534. The van der Waals surface area contributed by atoms with Gasteiger partial charge in [-0.05, 0) is 31.0 Å². The van der Waals surface area contributed by atoms with Crippen LogP contribution in [0.5, 0.6) is 5.75 Å². The van der Waals surface area contributed by atoms with E-state index in [9.17, 15) is 24.6 Å². The van der Waals surface area contributed by atoms with E-state index in [2.05, 4.69) is 0 Å². The summed E-state index contributed by atoms with van der Waals surface area (Å²) in [6, 6.07) is 6.35. The van der Waals surface area contributed by atoms with Crippen molar-refractivity contribution in [2.45, 2.75) is 25.8 Å². The molecule has 0 bridgehead atoms. The van der Waals surface area contributed by atoms with E-state index in [4.69, 9.17) is 9.47 Å². The predicted molar refractivity (Wildman–Crippen MR) is 89.8 cm³/mol. The van der Waals surface area contributed by atoms with Gasteiger partial charge in [0.05, 0.1) is 32.7 Å². The maximum atomic E-state index is 11.9. The summed E-state index contributed by atoms with van der Waals surface area (Å²) in [6.45, 7) is 1.80. The molecule has 1 fully saturated rings. The van der Waals surface area contributed by atoms with Gasteiger partial charge in [-0.3, -0.25) is 4.79 Å². The first-order valence-corrected chi connectivity index (χ1v) is 8.18. The van der Waals surface area contributed by atoms with Crippen LogP contribution in [0.1, 0.15) is 18.9 Å². The van der Waals surface area contributed by atoms with Crippen LogP contribution in [0.4, 0.5) is 9.59 Å². The molecule has 2 rings (SSSR count). The molecular weight excluding hydrogens is 344 g/mol. The first-order valence-electron chi connectivity index (χ1n) is 8.18. The maximum absolute atomic E-state index is 11.9. The quantitative estimate of drug-likeness (QED) is 0.740. The lowest BCUT2D eigenvalue weighted by molar-refractivity contribution is -0.144. The van der Waals surface area contributed by atoms with Crippen molar-refractivity contribution in [3.05, 3.63) is 29.8 Å². The number of esters is 1. The molecule has 0 saturated carbocycles. The number of methoxy groups -OCH3 is 1. The van der Waals surface area contributed by atoms with Gasteiger partial charge in [-0.15, -0.1) is 0 Å². The standard InChI is InChI=1S/C17H22N2O7/c1-3-26-15(20)9-12-10-18(16(21)22)19(17(23)24)14(12)8-11-4-6-13(25-2)7-5-11/h4-7,12,14H,3,8-10H2,1-2H3,(H,21,22)(H,23,24)/t12-,14+/m0/s1. The van der Waals surface area contributed by atoms with Gasteiger partial charge in [0.1, 0.15) is 5.75 Å². The summed E-state index contributed by atoms with van der Waals surface area (Å²) in [5, 5.41) is 20.4. The largest absolute Gasteiger partial charge is 0.497 e. The normalized spacial score (nSPS) is 19.3. The van der Waals surface area contributed by atoms with Crippen LogP contribution in [0.15, 0.2) is 24.3 Å². The zero-order valence-corrected chi connectivity index (χ0v) is 14.6. The minimum atomic E-state index is -1.38. The number of carbonyl (C=O) groups is 3. The first-order chi connectivity index (χ1) is 12.4. The number of ether oxygens (including phenoxy) is 2. The second kappa shape index (κ2) is 8.41. The summed E-state index contributed by atoms with van der Waals surface area (Å²) in [5.74, 6) is -0.316. The summed E-state index contributed by atoms with van der Waals surface area (Å²) in [7, 11) is 1.54. The summed E-state index contributed by atoms with van der Waals surface area (Å²) in [6.07, 6.45) is -2.54. The Kier molecular flexibility index (Phi) is 6.26. The highest BCUT2D eigenvalue weighted by atomic mass is 16.5. The highest BCUT2D eigenvalue weighted by Gasteiger charge is 2.46. The monoisotopic (exact) mass is 366 g/mol. The lowest BCUT2D eigenvalue weighted by Crippen LogP contribution is -2.48. The molecule has 2 N–H and O–H groups in total. The number of rotatable bonds is 6. The molecule has 2 atom stereocenters. The number of hydrazine groups is 1. The molecule has 1 aliphatic rings. The second-order valence-corrected chi connectivity index (χ2v) is 5.88. The van der Waals surface area contributed by atoms with Crippen molar-refractivity contribution >= 4 is 18.2 Å². The van der Waals surface area contributed by atoms with Gasteiger partial charge in [0, 0.05) is 5.92 Å². The molecule has 1 aliphatic heterocycles. The first kappa shape index (κ1) is 19.4. The van der Waals surface area contributed by atoms with E-state index < -0.39 is 30.1 Å². The molecule has 0 aromatic heterocycles. The molecule has 142 valence electrons. The Morgan fingerprint density at radius 2 is 1.81 bits per heavy atom. The van der Waals surface area contributed by atoms with E-state index in [1.807, 2.05) is 0 Å². The fraction of sp³-hybridized carbons (Fsp3) is 0.471. The maximum Gasteiger partial charge on any atom is 0.426 e. The zero-order chi connectivity index (χ0) is 19.3. The zero-order valence-electron chi connectivity index (χ0n) is 14.6. The van der Waals surface area contributed by atoms with Crippen molar-refractivity contribution < 1.29 is 34.1 Å². The van der Waals surface area contributed by atoms with Crippen molar-refractivity contribution in [2.75, 3.05) is 20.3 Å². The molecule has 26 heavy (non-hydrogen) atoms. The molecule has 0 spiro atoms. The van der Waals surface area contributed by atoms with E-state index >= 15 is 0 Å². The van der Waals surface area contributed by atoms with Crippen molar-refractivity contribution in [2.24, 2.45) is 5.92 Å². The Hall–Kier alpha value is -2.97. The van der Waals surface area contributed by atoms with E-state index in [0.29, 0.717) is 5.75 Å². The number of hydrogen-bond acceptors (Lipinski definition) is 5. The number of carbonyl (C=O) groups excluding carboxylic acids is 1. The molecule has 0 radical (unpaired) electrons. The highest BCUT2D eigenvalue weighted by molar-refractivity contribution is 5.74. The van der Waals surface area contributed by atoms with Gasteiger partial charge in [0.2, 0.25) is 0 Å². The average molecular weight is 366 g/mol. The lowest BCUT2D eigenvalue weighted by Gasteiger charge is -2.28. The van der Waals surface area contributed by atoms with Gasteiger partial charge in [0.25, 0.3) is 0 Å². The Labute approximate surface area is 150 Å². The molecule has 9 nitrogen and oxygen atoms in total. The fourth-order valence-electron chi connectivity index (χ4n) is 3.12. The van der Waals surface area contributed by atoms with Crippen LogP contribution in [0, 0.1) is 5.92 Å². The third-order valence-corrected chi connectivity index (χ3v) is 4.28. The molecule has 0 unspecified atom stereocenters. The van der Waals surface area contributed by atoms with Crippen LogP contribution in [0.2, 0.25) is 0 Å². The van der Waals surface area contributed by atoms with Crippen LogP contribution in [-0.4, -0.2) is 64.7 Å². The molecule has 1 aromatic carbocycles. The van der Waals surface area contributed by atoms with Crippen molar-refractivity contribution in [3.8, 4) is 5.75 Å². The SMILES string of the molecule is CCOC(=O)C[C@H]1CN(C(=O)O)N(C(=O)O)[C@@H]1Cc1ccc(OC)cc1. The van der Waals surface area contributed by atoms with Crippen LogP contribution in [-0.2, 0) is 16.0 Å². The highest BCUT2D eigenvalue weighted by Crippen LogP contribution is 2.30. The van der Waals surface area contributed by atoms with Crippen LogP contribution in [0.25, 0.3) is 0 Å². The summed E-state index contributed by atoms with van der Waals surface area (Å²) in [4.78, 5) is 35.0. The van der Waals surface area contributed by atoms with Gasteiger partial charge in [0.15, 0.2) is 0 Å². The van der Waals surface area contributed by atoms with Gasteiger partial charge >= 0.3 is 18.2 Å². The minimum Gasteiger partial charge on any atom is -0.497 e. The molecule has 2 amide bonds. The van der Waals surface area contributed by atoms with E-state index in [0.717, 1.165) is 15.6 Å². The predicted octanol–water partition coefficient (Wildman–Crippen LogP) is 2.06. The molecule has 1 aromatic rings. The Morgan fingerprint density at radius 3 is 2.31 bits per heavy atom. The lowest BCUT2D eigenvalue weighted by atomic mass is 9.92. The smallest absolute Gasteiger partial charge is 0.426 e. The molecule has 9 heteroatoms. The number of nitrogens with zero attached hydrogens (tertiary/aromatic N) is 2.